The Bertz CT molecular complexity index is 666. The van der Waals surface area contributed by atoms with Crippen LogP contribution in [0.1, 0.15) is 31.7 Å². The van der Waals surface area contributed by atoms with Gasteiger partial charge < -0.3 is 9.52 Å². The van der Waals surface area contributed by atoms with Gasteiger partial charge in [-0.05, 0) is 29.5 Å². The molecule has 0 aliphatic carbocycles. The van der Waals surface area contributed by atoms with Crippen molar-refractivity contribution < 1.29 is 14.3 Å². The average molecular weight is 263 g/mol. The predicted molar refractivity (Wildman–Crippen MR) is 71.3 cm³/mol. The van der Waals surface area contributed by atoms with E-state index in [9.17, 15) is 9.59 Å². The van der Waals surface area contributed by atoms with Crippen molar-refractivity contribution in [2.24, 2.45) is 13.0 Å². The molecular formula is C14H17NO4. The number of hydrogen-bond acceptors (Lipinski definition) is 3. The summed E-state index contributed by atoms with van der Waals surface area (Å²) in [7, 11) is 1.64. The van der Waals surface area contributed by atoms with Gasteiger partial charge in [0.2, 0.25) is 0 Å². The molecule has 1 aromatic heterocycles. The molecule has 0 radical (unpaired) electrons. The van der Waals surface area contributed by atoms with Gasteiger partial charge in [-0.3, -0.25) is 9.36 Å². The summed E-state index contributed by atoms with van der Waals surface area (Å²) in [5.74, 6) is -1.10. The van der Waals surface area contributed by atoms with Gasteiger partial charge in [0.1, 0.15) is 0 Å². The number of carbonyl (C=O) groups is 1. The lowest BCUT2D eigenvalue weighted by Crippen LogP contribution is -2.12. The van der Waals surface area contributed by atoms with E-state index < -0.39 is 11.7 Å². The summed E-state index contributed by atoms with van der Waals surface area (Å²) in [5, 5.41) is 8.99. The highest BCUT2D eigenvalue weighted by molar-refractivity contribution is 5.74. The number of aliphatic carboxylic acids is 1. The van der Waals surface area contributed by atoms with Crippen molar-refractivity contribution in [3.05, 3.63) is 34.3 Å². The Morgan fingerprint density at radius 3 is 2.68 bits per heavy atom. The quantitative estimate of drug-likeness (QED) is 0.919. The van der Waals surface area contributed by atoms with Crippen LogP contribution in [-0.2, 0) is 11.8 Å². The summed E-state index contributed by atoms with van der Waals surface area (Å²) in [6.45, 7) is 3.98. The number of oxazole rings is 1. The van der Waals surface area contributed by atoms with Crippen LogP contribution in [-0.4, -0.2) is 15.6 Å². The molecule has 0 saturated carbocycles. The van der Waals surface area contributed by atoms with Crippen molar-refractivity contribution in [3.63, 3.8) is 0 Å². The summed E-state index contributed by atoms with van der Waals surface area (Å²) in [4.78, 5) is 22.4. The molecule has 0 spiro atoms. The molecule has 0 bridgehead atoms. The number of benzene rings is 1. The van der Waals surface area contributed by atoms with E-state index in [1.165, 1.54) is 4.57 Å². The Labute approximate surface area is 110 Å². The third-order valence-corrected chi connectivity index (χ3v) is 3.44. The van der Waals surface area contributed by atoms with E-state index in [0.29, 0.717) is 11.1 Å². The van der Waals surface area contributed by atoms with E-state index >= 15 is 0 Å². The summed E-state index contributed by atoms with van der Waals surface area (Å²) >= 11 is 0. The van der Waals surface area contributed by atoms with Crippen molar-refractivity contribution in [2.45, 2.75) is 26.2 Å². The first kappa shape index (κ1) is 13.4. The van der Waals surface area contributed by atoms with Crippen LogP contribution in [0.2, 0.25) is 0 Å². The van der Waals surface area contributed by atoms with E-state index in [2.05, 4.69) is 0 Å². The van der Waals surface area contributed by atoms with Crippen LogP contribution in [0.4, 0.5) is 0 Å². The number of fused-ring (bicyclic) bond motifs is 1. The number of carboxylic acids is 1. The molecule has 2 aromatic rings. The number of carboxylic acid groups (broad SMARTS) is 1. The topological polar surface area (TPSA) is 72.4 Å². The zero-order valence-corrected chi connectivity index (χ0v) is 11.2. The van der Waals surface area contributed by atoms with E-state index in [1.54, 1.807) is 13.1 Å². The number of nitrogens with zero attached hydrogens (tertiary/aromatic N) is 1. The first-order valence-electron chi connectivity index (χ1n) is 6.21. The van der Waals surface area contributed by atoms with Crippen LogP contribution >= 0.6 is 0 Å². The lowest BCUT2D eigenvalue weighted by atomic mass is 9.86. The molecule has 1 aromatic carbocycles. The van der Waals surface area contributed by atoms with Crippen LogP contribution in [0.25, 0.3) is 11.1 Å². The fraction of sp³-hybridized carbons (Fsp3) is 0.429. The normalized spacial score (nSPS) is 13.1. The predicted octanol–water partition coefficient (Wildman–Crippen LogP) is 2.35. The first-order valence-corrected chi connectivity index (χ1v) is 6.21. The minimum Gasteiger partial charge on any atom is -0.481 e. The molecule has 1 heterocycles. The molecule has 0 amide bonds. The number of hydrogen-bond donors (Lipinski definition) is 1. The molecule has 102 valence electrons. The highest BCUT2D eigenvalue weighted by Gasteiger charge is 2.20. The molecule has 0 fully saturated rings. The van der Waals surface area contributed by atoms with Gasteiger partial charge in [-0.2, -0.15) is 0 Å². The smallest absolute Gasteiger partial charge is 0.419 e. The lowest BCUT2D eigenvalue weighted by Gasteiger charge is -2.19. The summed E-state index contributed by atoms with van der Waals surface area (Å²) in [6, 6.07) is 5.40. The van der Waals surface area contributed by atoms with Crippen molar-refractivity contribution in [1.82, 2.24) is 4.57 Å². The molecule has 0 aliphatic rings. The molecule has 0 saturated heterocycles. The maximum Gasteiger partial charge on any atom is 0.419 e. The van der Waals surface area contributed by atoms with Crippen molar-refractivity contribution in [1.29, 1.82) is 0 Å². The number of rotatable bonds is 4. The van der Waals surface area contributed by atoms with Gasteiger partial charge in [-0.1, -0.05) is 19.9 Å². The molecule has 1 unspecified atom stereocenters. The minimum absolute atomic E-state index is 0.0769. The van der Waals surface area contributed by atoms with Gasteiger partial charge in [0, 0.05) is 7.05 Å². The van der Waals surface area contributed by atoms with Crippen molar-refractivity contribution >= 4 is 17.1 Å². The summed E-state index contributed by atoms with van der Waals surface area (Å²) in [5.41, 5.74) is 2.13. The Morgan fingerprint density at radius 1 is 1.42 bits per heavy atom. The van der Waals surface area contributed by atoms with Crippen molar-refractivity contribution in [2.75, 3.05) is 0 Å². The van der Waals surface area contributed by atoms with Gasteiger partial charge >= 0.3 is 11.7 Å². The zero-order valence-electron chi connectivity index (χ0n) is 11.2. The molecule has 5 nitrogen and oxygen atoms in total. The van der Waals surface area contributed by atoms with Gasteiger partial charge in [-0.15, -0.1) is 0 Å². The van der Waals surface area contributed by atoms with E-state index in [4.69, 9.17) is 9.52 Å². The largest absolute Gasteiger partial charge is 0.481 e. The van der Waals surface area contributed by atoms with Crippen LogP contribution in [0.5, 0.6) is 0 Å². The summed E-state index contributed by atoms with van der Waals surface area (Å²) in [6.07, 6.45) is 0.0783. The second-order valence-corrected chi connectivity index (χ2v) is 5.10. The van der Waals surface area contributed by atoms with Gasteiger partial charge in [0.15, 0.2) is 5.58 Å². The molecule has 5 heteroatoms. The van der Waals surface area contributed by atoms with E-state index in [0.717, 1.165) is 5.56 Å². The average Bonchev–Trinajstić information content (AvgIpc) is 2.61. The van der Waals surface area contributed by atoms with Crippen LogP contribution < -0.4 is 5.76 Å². The van der Waals surface area contributed by atoms with Crippen molar-refractivity contribution in [3.8, 4) is 0 Å². The second kappa shape index (κ2) is 4.91. The number of aromatic nitrogens is 1. The van der Waals surface area contributed by atoms with Crippen LogP contribution in [0.3, 0.4) is 0 Å². The maximum atomic E-state index is 11.4. The third kappa shape index (κ3) is 2.54. The standard InChI is InChI=1S/C14H17NO4/c1-8(2)10(7-13(16)17)9-4-5-12-11(6-9)15(3)14(18)19-12/h4-6,8,10H,7H2,1-3H3,(H,16,17). The highest BCUT2D eigenvalue weighted by atomic mass is 16.4. The zero-order chi connectivity index (χ0) is 14.2. The summed E-state index contributed by atoms with van der Waals surface area (Å²) < 4.78 is 6.49. The Morgan fingerprint density at radius 2 is 2.11 bits per heavy atom. The highest BCUT2D eigenvalue weighted by Crippen LogP contribution is 2.29. The molecule has 1 N–H and O–H groups in total. The fourth-order valence-electron chi connectivity index (χ4n) is 2.30. The maximum absolute atomic E-state index is 11.4. The van der Waals surface area contributed by atoms with E-state index in [-0.39, 0.29) is 18.3 Å². The molecule has 1 atom stereocenters. The van der Waals surface area contributed by atoms with Gasteiger partial charge in [-0.25, -0.2) is 4.79 Å². The fourth-order valence-corrected chi connectivity index (χ4v) is 2.30. The third-order valence-electron chi connectivity index (χ3n) is 3.44. The van der Waals surface area contributed by atoms with Crippen LogP contribution in [0.15, 0.2) is 27.4 Å². The SMILES string of the molecule is CC(C)C(CC(=O)O)c1ccc2oc(=O)n(C)c2c1. The number of aryl methyl sites for hydroxylation is 1. The molecule has 19 heavy (non-hydrogen) atoms. The minimum atomic E-state index is -0.820. The Hall–Kier alpha value is -2.04. The first-order chi connectivity index (χ1) is 8.90. The molecule has 0 aliphatic heterocycles. The monoisotopic (exact) mass is 263 g/mol. The van der Waals surface area contributed by atoms with E-state index in [1.807, 2.05) is 26.0 Å². The van der Waals surface area contributed by atoms with Crippen LogP contribution in [0, 0.1) is 5.92 Å². The molecular weight excluding hydrogens is 246 g/mol. The van der Waals surface area contributed by atoms with Gasteiger partial charge in [0.05, 0.1) is 11.9 Å². The Balaban J connectivity index is 2.51. The lowest BCUT2D eigenvalue weighted by molar-refractivity contribution is -0.137. The second-order valence-electron chi connectivity index (χ2n) is 5.10. The Kier molecular flexibility index (Phi) is 3.46. The van der Waals surface area contributed by atoms with Gasteiger partial charge in [0.25, 0.3) is 0 Å². The molecule has 2 rings (SSSR count).